The second-order valence-corrected chi connectivity index (χ2v) is 4.17. The Balaban J connectivity index is 3.69. The molecule has 0 heterocycles. The summed E-state index contributed by atoms with van der Waals surface area (Å²) in [6.45, 7) is 6.32. The molecule has 0 aliphatic carbocycles. The van der Waals surface area contributed by atoms with Gasteiger partial charge >= 0.3 is 5.97 Å². The van der Waals surface area contributed by atoms with E-state index < -0.39 is 0 Å². The number of hydrogen-bond donors (Lipinski definition) is 1. The summed E-state index contributed by atoms with van der Waals surface area (Å²) in [7, 11) is 1.36. The van der Waals surface area contributed by atoms with Crippen LogP contribution >= 0.6 is 0 Å². The van der Waals surface area contributed by atoms with E-state index in [4.69, 9.17) is 0 Å². The van der Waals surface area contributed by atoms with Crippen LogP contribution in [0, 0.1) is 5.41 Å². The Morgan fingerprint density at radius 2 is 1.93 bits per heavy atom. The molecule has 0 radical (unpaired) electrons. The molecule has 0 aliphatic heterocycles. The Morgan fingerprint density at radius 1 is 1.33 bits per heavy atom. The van der Waals surface area contributed by atoms with Crippen molar-refractivity contribution in [2.45, 2.75) is 40.0 Å². The highest BCUT2D eigenvalue weighted by molar-refractivity contribution is 5.81. The maximum absolute atomic E-state index is 11.6. The van der Waals surface area contributed by atoms with E-state index >= 15 is 0 Å². The van der Waals surface area contributed by atoms with Crippen LogP contribution in [0.5, 0.6) is 0 Å². The molecule has 0 unspecified atom stereocenters. The lowest BCUT2D eigenvalue weighted by molar-refractivity contribution is -0.141. The van der Waals surface area contributed by atoms with E-state index in [-0.39, 0.29) is 17.3 Å². The summed E-state index contributed by atoms with van der Waals surface area (Å²) in [5.74, 6) is -0.200. The Labute approximate surface area is 91.4 Å². The molecule has 0 spiro atoms. The van der Waals surface area contributed by atoms with Crippen molar-refractivity contribution in [3.8, 4) is 0 Å². The summed E-state index contributed by atoms with van der Waals surface area (Å²) >= 11 is 0. The molecule has 0 aromatic rings. The largest absolute Gasteiger partial charge is 0.469 e. The van der Waals surface area contributed by atoms with Crippen molar-refractivity contribution in [2.24, 2.45) is 5.41 Å². The smallest absolute Gasteiger partial charge is 0.305 e. The lowest BCUT2D eigenvalue weighted by atomic mass is 9.89. The molecule has 0 aromatic heterocycles. The number of esters is 1. The number of hydrogen-bond acceptors (Lipinski definition) is 3. The third-order valence-corrected chi connectivity index (χ3v) is 2.57. The zero-order valence-corrected chi connectivity index (χ0v) is 10.1. The monoisotopic (exact) mass is 215 g/mol. The van der Waals surface area contributed by atoms with E-state index in [1.54, 1.807) is 0 Å². The number of rotatable bonds is 6. The topological polar surface area (TPSA) is 55.4 Å². The fourth-order valence-electron chi connectivity index (χ4n) is 0.937. The Bertz CT molecular complexity index is 224. The molecule has 0 aliphatic rings. The van der Waals surface area contributed by atoms with Crippen LogP contribution in [-0.4, -0.2) is 25.5 Å². The molecule has 0 rings (SSSR count). The summed E-state index contributed by atoms with van der Waals surface area (Å²) in [6, 6.07) is 0. The molecule has 1 N–H and O–H groups in total. The number of nitrogens with one attached hydrogen (secondary N) is 1. The molecule has 0 aromatic carbocycles. The predicted octanol–water partition coefficient (Wildman–Crippen LogP) is 1.49. The van der Waals surface area contributed by atoms with Crippen molar-refractivity contribution in [2.75, 3.05) is 13.7 Å². The molecule has 15 heavy (non-hydrogen) atoms. The molecular formula is C11H21NO3. The number of methoxy groups -OCH3 is 1. The predicted molar refractivity (Wildman–Crippen MR) is 58.3 cm³/mol. The van der Waals surface area contributed by atoms with Crippen molar-refractivity contribution < 1.29 is 14.3 Å². The van der Waals surface area contributed by atoms with Crippen molar-refractivity contribution in [3.05, 3.63) is 0 Å². The molecule has 1 amide bonds. The van der Waals surface area contributed by atoms with Gasteiger partial charge in [0.25, 0.3) is 0 Å². The molecule has 4 nitrogen and oxygen atoms in total. The molecule has 88 valence electrons. The highest BCUT2D eigenvalue weighted by Gasteiger charge is 2.24. The van der Waals surface area contributed by atoms with Crippen LogP contribution in [-0.2, 0) is 14.3 Å². The molecule has 0 fully saturated rings. The lowest BCUT2D eigenvalue weighted by Gasteiger charge is -2.21. The van der Waals surface area contributed by atoms with Gasteiger partial charge in [0.2, 0.25) is 5.91 Å². The second-order valence-electron chi connectivity index (χ2n) is 4.17. The highest BCUT2D eigenvalue weighted by Crippen LogP contribution is 2.19. The first-order valence-corrected chi connectivity index (χ1v) is 5.29. The first-order valence-electron chi connectivity index (χ1n) is 5.29. The first-order chi connectivity index (χ1) is 6.94. The fraction of sp³-hybridized carbons (Fsp3) is 0.818. The number of amides is 1. The summed E-state index contributed by atoms with van der Waals surface area (Å²) in [4.78, 5) is 22.4. The van der Waals surface area contributed by atoms with Gasteiger partial charge in [0.15, 0.2) is 0 Å². The van der Waals surface area contributed by atoms with Gasteiger partial charge < -0.3 is 10.1 Å². The van der Waals surface area contributed by atoms with Gasteiger partial charge in [-0.25, -0.2) is 0 Å². The minimum absolute atomic E-state index is 0.0369. The molecule has 0 bridgehead atoms. The third kappa shape index (κ3) is 5.40. The van der Waals surface area contributed by atoms with Gasteiger partial charge in [0.05, 0.1) is 7.11 Å². The molecular weight excluding hydrogens is 194 g/mol. The minimum Gasteiger partial charge on any atom is -0.469 e. The van der Waals surface area contributed by atoms with E-state index in [1.807, 2.05) is 20.8 Å². The molecule has 0 atom stereocenters. The van der Waals surface area contributed by atoms with E-state index in [0.29, 0.717) is 19.4 Å². The van der Waals surface area contributed by atoms with Crippen molar-refractivity contribution in [3.63, 3.8) is 0 Å². The van der Waals surface area contributed by atoms with Crippen LogP contribution in [0.15, 0.2) is 0 Å². The summed E-state index contributed by atoms with van der Waals surface area (Å²) in [5, 5.41) is 2.81. The normalized spacial score (nSPS) is 10.9. The number of carbonyl (C=O) groups is 2. The van der Waals surface area contributed by atoms with Gasteiger partial charge in [-0.3, -0.25) is 9.59 Å². The quantitative estimate of drug-likeness (QED) is 0.539. The SMILES string of the molecule is CCC(C)(C)C(=O)NCCCC(=O)OC. The van der Waals surface area contributed by atoms with Crippen LogP contribution in [0.2, 0.25) is 0 Å². The minimum atomic E-state index is -0.328. The second kappa shape index (κ2) is 6.43. The molecule has 0 saturated carbocycles. The third-order valence-electron chi connectivity index (χ3n) is 2.57. The number of carbonyl (C=O) groups excluding carboxylic acids is 2. The van der Waals surface area contributed by atoms with E-state index in [2.05, 4.69) is 10.1 Å². The van der Waals surface area contributed by atoms with Gasteiger partial charge in [-0.05, 0) is 12.8 Å². The van der Waals surface area contributed by atoms with Crippen LogP contribution in [0.25, 0.3) is 0 Å². The molecule has 4 heteroatoms. The zero-order chi connectivity index (χ0) is 11.9. The molecule has 0 saturated heterocycles. The van der Waals surface area contributed by atoms with E-state index in [1.165, 1.54) is 7.11 Å². The van der Waals surface area contributed by atoms with Crippen LogP contribution < -0.4 is 5.32 Å². The maximum atomic E-state index is 11.6. The average molecular weight is 215 g/mol. The Kier molecular flexibility index (Phi) is 5.97. The van der Waals surface area contributed by atoms with Crippen molar-refractivity contribution >= 4 is 11.9 Å². The summed E-state index contributed by atoms with van der Waals surface area (Å²) in [5.41, 5.74) is -0.328. The van der Waals surface area contributed by atoms with Crippen LogP contribution in [0.3, 0.4) is 0 Å². The van der Waals surface area contributed by atoms with Gasteiger partial charge in [-0.1, -0.05) is 20.8 Å². The maximum Gasteiger partial charge on any atom is 0.305 e. The highest BCUT2D eigenvalue weighted by atomic mass is 16.5. The lowest BCUT2D eigenvalue weighted by Crippen LogP contribution is -2.37. The zero-order valence-electron chi connectivity index (χ0n) is 10.1. The van der Waals surface area contributed by atoms with Gasteiger partial charge in [0, 0.05) is 18.4 Å². The Morgan fingerprint density at radius 3 is 2.40 bits per heavy atom. The standard InChI is InChI=1S/C11H21NO3/c1-5-11(2,3)10(14)12-8-6-7-9(13)15-4/h5-8H2,1-4H3,(H,12,14). The van der Waals surface area contributed by atoms with Gasteiger partial charge in [0.1, 0.15) is 0 Å². The van der Waals surface area contributed by atoms with Crippen molar-refractivity contribution in [1.82, 2.24) is 5.32 Å². The summed E-state index contributed by atoms with van der Waals surface area (Å²) in [6.07, 6.45) is 1.78. The number of ether oxygens (including phenoxy) is 1. The van der Waals surface area contributed by atoms with Gasteiger partial charge in [-0.15, -0.1) is 0 Å². The summed E-state index contributed by atoms with van der Waals surface area (Å²) < 4.78 is 4.49. The average Bonchev–Trinajstić information content (AvgIpc) is 2.23. The van der Waals surface area contributed by atoms with E-state index in [9.17, 15) is 9.59 Å². The van der Waals surface area contributed by atoms with E-state index in [0.717, 1.165) is 6.42 Å². The van der Waals surface area contributed by atoms with Crippen LogP contribution in [0.1, 0.15) is 40.0 Å². The van der Waals surface area contributed by atoms with Crippen LogP contribution in [0.4, 0.5) is 0 Å². The van der Waals surface area contributed by atoms with Crippen molar-refractivity contribution in [1.29, 1.82) is 0 Å². The van der Waals surface area contributed by atoms with Gasteiger partial charge in [-0.2, -0.15) is 0 Å². The Hall–Kier alpha value is -1.06. The first kappa shape index (κ1) is 13.9. The fourth-order valence-corrected chi connectivity index (χ4v) is 0.937.